The van der Waals surface area contributed by atoms with Gasteiger partial charge in [-0.15, -0.1) is 0 Å². The summed E-state index contributed by atoms with van der Waals surface area (Å²) in [7, 11) is 0. The van der Waals surface area contributed by atoms with Crippen LogP contribution in [0.1, 0.15) is 88.0 Å². The largest absolute Gasteiger partial charge is 0.480 e. The maximum Gasteiger partial charge on any atom is 0.326 e. The van der Waals surface area contributed by atoms with Crippen LogP contribution in [0.3, 0.4) is 0 Å². The number of nitrogens with one attached hydrogen (secondary N) is 10. The number of nitrogens with two attached hydrogens (primary N) is 1. The molecule has 24 nitrogen and oxygen atoms in total. The number of aliphatic carboxylic acids is 1. The molecule has 24 heteroatoms. The first kappa shape index (κ1) is 54.1. The Bertz CT molecular complexity index is 1650. The molecule has 0 radical (unpaired) electrons. The number of carbonyl (C=O) groups excluding carboxylic acids is 10. The molecule has 1 aliphatic rings. The fourth-order valence-electron chi connectivity index (χ4n) is 5.82. The van der Waals surface area contributed by atoms with E-state index in [1.807, 2.05) is 0 Å². The number of rotatable bonds is 25. The summed E-state index contributed by atoms with van der Waals surface area (Å²) in [5.41, 5.74) is 5.21. The number of primary amides is 1. The fourth-order valence-corrected chi connectivity index (χ4v) is 5.82. The van der Waals surface area contributed by atoms with Crippen LogP contribution in [0.4, 0.5) is 0 Å². The molecule has 1 aliphatic heterocycles. The van der Waals surface area contributed by atoms with Gasteiger partial charge in [0.1, 0.15) is 54.4 Å². The lowest BCUT2D eigenvalue weighted by Gasteiger charge is -2.26. The second-order valence-corrected chi connectivity index (χ2v) is 16.0. The van der Waals surface area contributed by atoms with Crippen LogP contribution in [0.2, 0.25) is 0 Å². The lowest BCUT2D eigenvalue weighted by Crippen LogP contribution is -2.60. The van der Waals surface area contributed by atoms with E-state index in [1.165, 1.54) is 34.6 Å². The van der Waals surface area contributed by atoms with Gasteiger partial charge in [0.2, 0.25) is 59.1 Å². The maximum absolute atomic E-state index is 13.1. The van der Waals surface area contributed by atoms with Gasteiger partial charge in [0.05, 0.1) is 19.1 Å². The molecule has 14 N–H and O–H groups in total. The Labute approximate surface area is 359 Å². The molecule has 350 valence electrons. The SMILES string of the molecule is CC(C)C[C@H](NC(=O)[C@H](CC(N)=O)NC(=O)[C@H](C)NC(=O)[C@H](CO)NC(=O)[C@H](C)NC(=O)[C@H](C)NC(=O)[C@H](C)NC(=O)[C@@H](NC(=O)[C@H](C)NC(=O)[C@@H]1CCCN1)C(C)C)C(=O)O. The standard InChI is InChI=1S/C38H65N11O13/c1-16(2)13-25(38(61)62)47-35(58)24(14-27(39)51)46-31(54)21(8)44-36(59)26(15-50)48-32(55)20(7)42-29(52)18(5)41-30(53)19(6)45-37(60)28(17(3)4)49-33(56)22(9)43-34(57)23-11-10-12-40-23/h16-26,28,40,50H,10-15H2,1-9H3,(H2,39,51)(H,41,53)(H,42,52)(H,43,57)(H,44,59)(H,45,60)(H,46,54)(H,47,58)(H,48,55)(H,49,56)(H,61,62)/t18-,19-,20-,21-,22-,23-,24-,25-,26-,28-/m0/s1. The van der Waals surface area contributed by atoms with Crippen LogP contribution in [0.5, 0.6) is 0 Å². The predicted molar refractivity (Wildman–Crippen MR) is 220 cm³/mol. The quantitative estimate of drug-likeness (QED) is 0.0408. The third kappa shape index (κ3) is 18.4. The minimum atomic E-state index is -1.65. The van der Waals surface area contributed by atoms with Crippen molar-refractivity contribution in [1.29, 1.82) is 0 Å². The monoisotopic (exact) mass is 883 g/mol. The fraction of sp³-hybridized carbons (Fsp3) is 0.711. The van der Waals surface area contributed by atoms with E-state index in [4.69, 9.17) is 5.73 Å². The molecular weight excluding hydrogens is 818 g/mol. The predicted octanol–water partition coefficient (Wildman–Crippen LogP) is -5.14. The third-order valence-electron chi connectivity index (χ3n) is 9.56. The van der Waals surface area contributed by atoms with Gasteiger partial charge in [-0.3, -0.25) is 47.9 Å². The van der Waals surface area contributed by atoms with E-state index in [0.29, 0.717) is 13.0 Å². The first-order chi connectivity index (χ1) is 28.8. The second-order valence-electron chi connectivity index (χ2n) is 16.0. The van der Waals surface area contributed by atoms with Crippen LogP contribution in [-0.2, 0) is 52.7 Å². The lowest BCUT2D eigenvalue weighted by atomic mass is 10.0. The highest BCUT2D eigenvalue weighted by molar-refractivity contribution is 5.98. The van der Waals surface area contributed by atoms with Crippen LogP contribution in [0.15, 0.2) is 0 Å². The van der Waals surface area contributed by atoms with E-state index in [1.54, 1.807) is 27.7 Å². The molecule has 10 amide bonds. The van der Waals surface area contributed by atoms with Crippen LogP contribution >= 0.6 is 0 Å². The van der Waals surface area contributed by atoms with Gasteiger partial charge < -0.3 is 69.1 Å². The Morgan fingerprint density at radius 2 is 0.952 bits per heavy atom. The molecule has 1 rings (SSSR count). The highest BCUT2D eigenvalue weighted by Gasteiger charge is 2.33. The molecule has 10 atom stereocenters. The van der Waals surface area contributed by atoms with Gasteiger partial charge in [-0.2, -0.15) is 0 Å². The van der Waals surface area contributed by atoms with E-state index >= 15 is 0 Å². The average molecular weight is 884 g/mol. The van der Waals surface area contributed by atoms with Crippen molar-refractivity contribution in [2.75, 3.05) is 13.2 Å². The molecule has 1 fully saturated rings. The highest BCUT2D eigenvalue weighted by Crippen LogP contribution is 2.08. The van der Waals surface area contributed by atoms with Gasteiger partial charge in [-0.05, 0) is 72.3 Å². The Hall–Kier alpha value is -5.91. The summed E-state index contributed by atoms with van der Waals surface area (Å²) in [5.74, 6) is -10.2. The smallest absolute Gasteiger partial charge is 0.326 e. The molecule has 0 bridgehead atoms. The number of carbonyl (C=O) groups is 11. The van der Waals surface area contributed by atoms with Gasteiger partial charge in [0.25, 0.3) is 0 Å². The van der Waals surface area contributed by atoms with Crippen molar-refractivity contribution < 1.29 is 63.0 Å². The summed E-state index contributed by atoms with van der Waals surface area (Å²) in [5, 5.41) is 43.7. The van der Waals surface area contributed by atoms with Crippen molar-refractivity contribution in [3.8, 4) is 0 Å². The van der Waals surface area contributed by atoms with Gasteiger partial charge in [-0.1, -0.05) is 27.7 Å². The number of aliphatic hydroxyl groups excluding tert-OH is 1. The summed E-state index contributed by atoms with van der Waals surface area (Å²) in [6, 6.07) is -12.2. The number of hydrogen-bond donors (Lipinski definition) is 13. The van der Waals surface area contributed by atoms with Crippen LogP contribution in [0, 0.1) is 11.8 Å². The lowest BCUT2D eigenvalue weighted by molar-refractivity contribution is -0.143. The zero-order valence-electron chi connectivity index (χ0n) is 36.6. The normalized spacial score (nSPS) is 17.8. The molecule has 0 aromatic rings. The Morgan fingerprint density at radius 3 is 1.37 bits per heavy atom. The van der Waals surface area contributed by atoms with Gasteiger partial charge >= 0.3 is 5.97 Å². The molecule has 1 heterocycles. The molecule has 0 spiro atoms. The summed E-state index contributed by atoms with van der Waals surface area (Å²) >= 11 is 0. The maximum atomic E-state index is 13.1. The Kier molecular flexibility index (Phi) is 22.5. The summed E-state index contributed by atoms with van der Waals surface area (Å²) in [6.07, 6.45) is 0.810. The van der Waals surface area contributed by atoms with Crippen molar-refractivity contribution in [2.45, 2.75) is 148 Å². The van der Waals surface area contributed by atoms with Crippen LogP contribution < -0.4 is 58.9 Å². The van der Waals surface area contributed by atoms with E-state index in [0.717, 1.165) is 6.42 Å². The molecule has 0 aromatic carbocycles. The van der Waals surface area contributed by atoms with Gasteiger partial charge in [-0.25, -0.2) is 4.79 Å². The van der Waals surface area contributed by atoms with Crippen LogP contribution in [-0.4, -0.2) is 149 Å². The van der Waals surface area contributed by atoms with Crippen molar-refractivity contribution in [1.82, 2.24) is 53.2 Å². The second kappa shape index (κ2) is 25.8. The van der Waals surface area contributed by atoms with E-state index in [2.05, 4.69) is 53.2 Å². The average Bonchev–Trinajstić information content (AvgIpc) is 3.73. The topological polar surface area (TPSA) is 375 Å². The van der Waals surface area contributed by atoms with E-state index in [-0.39, 0.29) is 18.2 Å². The molecule has 1 saturated heterocycles. The Morgan fingerprint density at radius 1 is 0.548 bits per heavy atom. The van der Waals surface area contributed by atoms with Crippen molar-refractivity contribution >= 4 is 65.0 Å². The Balaban J connectivity index is 2.75. The van der Waals surface area contributed by atoms with Gasteiger partial charge in [0, 0.05) is 0 Å². The van der Waals surface area contributed by atoms with Crippen molar-refractivity contribution in [3.05, 3.63) is 0 Å². The minimum absolute atomic E-state index is 0.0459. The van der Waals surface area contributed by atoms with Crippen molar-refractivity contribution in [3.63, 3.8) is 0 Å². The van der Waals surface area contributed by atoms with Crippen molar-refractivity contribution in [2.24, 2.45) is 17.6 Å². The number of aliphatic hydroxyl groups is 1. The number of hydrogen-bond acceptors (Lipinski definition) is 13. The highest BCUT2D eigenvalue weighted by atomic mass is 16.4. The van der Waals surface area contributed by atoms with Gasteiger partial charge in [0.15, 0.2) is 0 Å². The number of carboxylic acids is 1. The zero-order valence-corrected chi connectivity index (χ0v) is 36.6. The molecular formula is C38H65N11O13. The molecule has 0 unspecified atom stereocenters. The third-order valence-corrected chi connectivity index (χ3v) is 9.56. The van der Waals surface area contributed by atoms with E-state index < -0.39 is 138 Å². The van der Waals surface area contributed by atoms with E-state index in [9.17, 15) is 63.0 Å². The first-order valence-corrected chi connectivity index (χ1v) is 20.4. The van der Waals surface area contributed by atoms with Crippen LogP contribution in [0.25, 0.3) is 0 Å². The molecule has 0 aromatic heterocycles. The molecule has 0 saturated carbocycles. The summed E-state index contributed by atoms with van der Waals surface area (Å²) in [6.45, 7) is 13.1. The zero-order chi connectivity index (χ0) is 47.6. The number of amides is 10. The minimum Gasteiger partial charge on any atom is -0.480 e. The number of carboxylic acid groups (broad SMARTS) is 1. The first-order valence-electron chi connectivity index (χ1n) is 20.4. The summed E-state index contributed by atoms with van der Waals surface area (Å²) in [4.78, 5) is 139. The molecule has 62 heavy (non-hydrogen) atoms. The summed E-state index contributed by atoms with van der Waals surface area (Å²) < 4.78 is 0. The molecule has 0 aliphatic carbocycles.